The molecule has 0 saturated carbocycles. The topological polar surface area (TPSA) is 22.0 Å². The summed E-state index contributed by atoms with van der Waals surface area (Å²) in [7, 11) is 0. The smallest absolute Gasteiger partial charge is 0.255 e. The fraction of sp³-hybridized carbons (Fsp3) is 0.545. The number of nitrogens with zero attached hydrogens (tertiary/aromatic N) is 1. The second-order valence-electron chi connectivity index (χ2n) is 3.89. The lowest BCUT2D eigenvalue weighted by Gasteiger charge is -2.19. The highest BCUT2D eigenvalue weighted by Crippen LogP contribution is 2.34. The summed E-state index contributed by atoms with van der Waals surface area (Å²) in [4.78, 5) is 12.0. The molecule has 0 atom stereocenters. The number of hydrogen-bond donors (Lipinski definition) is 0. The Balaban J connectivity index is 2.48. The SMILES string of the molecule is CCc1cc(C(=O)C(Cl)(Cl)Cl)n2c1CSCC2. The van der Waals surface area contributed by atoms with Crippen LogP contribution in [-0.2, 0) is 18.7 Å². The van der Waals surface area contributed by atoms with E-state index in [4.69, 9.17) is 34.8 Å². The van der Waals surface area contributed by atoms with E-state index in [9.17, 15) is 4.79 Å². The summed E-state index contributed by atoms with van der Waals surface area (Å²) in [6.45, 7) is 2.88. The van der Waals surface area contributed by atoms with E-state index in [0.717, 1.165) is 24.5 Å². The van der Waals surface area contributed by atoms with Crippen LogP contribution in [0.3, 0.4) is 0 Å². The molecule has 1 aromatic rings. The molecule has 6 heteroatoms. The molecule has 0 radical (unpaired) electrons. The maximum atomic E-state index is 12.0. The summed E-state index contributed by atoms with van der Waals surface area (Å²) in [6.07, 6.45) is 0.892. The monoisotopic (exact) mass is 311 g/mol. The van der Waals surface area contributed by atoms with Crippen molar-refractivity contribution in [2.75, 3.05) is 5.75 Å². The van der Waals surface area contributed by atoms with E-state index in [-0.39, 0.29) is 0 Å². The average molecular weight is 313 g/mol. The molecule has 0 aromatic carbocycles. The fourth-order valence-electron chi connectivity index (χ4n) is 2.04. The number of aryl methyl sites for hydroxylation is 1. The molecule has 17 heavy (non-hydrogen) atoms. The minimum absolute atomic E-state index is 0.435. The minimum Gasteiger partial charge on any atom is -0.340 e. The van der Waals surface area contributed by atoms with Crippen molar-refractivity contribution in [3.05, 3.63) is 23.0 Å². The van der Waals surface area contributed by atoms with Crippen molar-refractivity contribution in [3.8, 4) is 0 Å². The standard InChI is InChI=1S/C11H12Cl3NOS/c1-2-7-5-8(10(16)11(12,13)14)15-3-4-17-6-9(7)15/h5H,2-4,6H2,1H3. The van der Waals surface area contributed by atoms with Crippen LogP contribution in [0.1, 0.15) is 28.7 Å². The Morgan fingerprint density at radius 1 is 1.53 bits per heavy atom. The lowest BCUT2D eigenvalue weighted by Crippen LogP contribution is -2.24. The van der Waals surface area contributed by atoms with E-state index in [1.54, 1.807) is 0 Å². The van der Waals surface area contributed by atoms with Crippen LogP contribution in [0.4, 0.5) is 0 Å². The molecule has 0 unspecified atom stereocenters. The number of hydrogen-bond acceptors (Lipinski definition) is 2. The number of rotatable bonds is 2. The first-order valence-electron chi connectivity index (χ1n) is 5.35. The van der Waals surface area contributed by atoms with Crippen LogP contribution in [0.2, 0.25) is 0 Å². The van der Waals surface area contributed by atoms with E-state index >= 15 is 0 Å². The molecule has 0 saturated heterocycles. The molecular weight excluding hydrogens is 301 g/mol. The number of aromatic nitrogens is 1. The molecule has 2 nitrogen and oxygen atoms in total. The highest BCUT2D eigenvalue weighted by Gasteiger charge is 2.35. The Morgan fingerprint density at radius 2 is 2.24 bits per heavy atom. The molecule has 1 aliphatic rings. The normalized spacial score (nSPS) is 15.8. The first kappa shape index (κ1) is 13.6. The molecule has 1 aromatic heterocycles. The maximum absolute atomic E-state index is 12.0. The van der Waals surface area contributed by atoms with Crippen LogP contribution in [-0.4, -0.2) is 19.9 Å². The minimum atomic E-state index is -1.87. The van der Waals surface area contributed by atoms with Gasteiger partial charge in [-0.05, 0) is 18.1 Å². The van der Waals surface area contributed by atoms with Gasteiger partial charge in [0, 0.05) is 23.7 Å². The largest absolute Gasteiger partial charge is 0.340 e. The summed E-state index contributed by atoms with van der Waals surface area (Å²) in [6, 6.07) is 1.87. The fourth-order valence-corrected chi connectivity index (χ4v) is 3.32. The predicted molar refractivity (Wildman–Crippen MR) is 74.6 cm³/mol. The Morgan fingerprint density at radius 3 is 2.82 bits per heavy atom. The number of ketones is 1. The molecule has 2 rings (SSSR count). The lowest BCUT2D eigenvalue weighted by molar-refractivity contribution is 0.0987. The van der Waals surface area contributed by atoms with Gasteiger partial charge in [-0.3, -0.25) is 4.79 Å². The number of fused-ring (bicyclic) bond motifs is 1. The number of Topliss-reactive ketones (excluding diaryl/α,β-unsaturated/α-hetero) is 1. The van der Waals surface area contributed by atoms with Gasteiger partial charge in [0.1, 0.15) is 0 Å². The number of alkyl halides is 3. The van der Waals surface area contributed by atoms with Crippen molar-refractivity contribution in [2.24, 2.45) is 0 Å². The first-order chi connectivity index (χ1) is 7.95. The van der Waals surface area contributed by atoms with E-state index in [2.05, 4.69) is 6.92 Å². The summed E-state index contributed by atoms with van der Waals surface area (Å²) in [5.41, 5.74) is 2.90. The van der Waals surface area contributed by atoms with Crippen LogP contribution in [0, 0.1) is 0 Å². The molecule has 0 bridgehead atoms. The van der Waals surface area contributed by atoms with Gasteiger partial charge in [-0.25, -0.2) is 0 Å². The van der Waals surface area contributed by atoms with Crippen molar-refractivity contribution in [3.63, 3.8) is 0 Å². The predicted octanol–water partition coefficient (Wildman–Crippen LogP) is 3.85. The molecule has 0 fully saturated rings. The van der Waals surface area contributed by atoms with Gasteiger partial charge in [0.2, 0.25) is 5.78 Å². The van der Waals surface area contributed by atoms with Crippen molar-refractivity contribution in [2.45, 2.75) is 29.4 Å². The van der Waals surface area contributed by atoms with Crippen molar-refractivity contribution in [1.82, 2.24) is 4.57 Å². The van der Waals surface area contributed by atoms with E-state index in [0.29, 0.717) is 5.69 Å². The number of halogens is 3. The van der Waals surface area contributed by atoms with Crippen LogP contribution < -0.4 is 0 Å². The van der Waals surface area contributed by atoms with Crippen LogP contribution in [0.5, 0.6) is 0 Å². The highest BCUT2D eigenvalue weighted by molar-refractivity contribution is 7.98. The number of carbonyl (C=O) groups is 1. The zero-order valence-corrected chi connectivity index (χ0v) is 12.4. The second kappa shape index (κ2) is 5.04. The van der Waals surface area contributed by atoms with Gasteiger partial charge < -0.3 is 4.57 Å². The average Bonchev–Trinajstić information content (AvgIpc) is 2.65. The third kappa shape index (κ3) is 2.62. The van der Waals surface area contributed by atoms with Crippen LogP contribution >= 0.6 is 46.6 Å². The summed E-state index contributed by atoms with van der Waals surface area (Å²) >= 11 is 18.9. The van der Waals surface area contributed by atoms with Gasteiger partial charge in [-0.15, -0.1) is 0 Å². The van der Waals surface area contributed by atoms with Gasteiger partial charge in [-0.1, -0.05) is 41.7 Å². The zero-order valence-electron chi connectivity index (χ0n) is 9.30. The van der Waals surface area contributed by atoms with Crippen molar-refractivity contribution in [1.29, 1.82) is 0 Å². The van der Waals surface area contributed by atoms with E-state index in [1.807, 2.05) is 22.4 Å². The Bertz CT molecular complexity index is 450. The van der Waals surface area contributed by atoms with Crippen molar-refractivity contribution >= 4 is 52.3 Å². The van der Waals surface area contributed by atoms with Gasteiger partial charge >= 0.3 is 0 Å². The van der Waals surface area contributed by atoms with Crippen molar-refractivity contribution < 1.29 is 4.79 Å². The first-order valence-corrected chi connectivity index (χ1v) is 7.64. The van der Waals surface area contributed by atoms with Gasteiger partial charge in [0.15, 0.2) is 0 Å². The Labute approximate surface area is 120 Å². The molecule has 0 aliphatic carbocycles. The van der Waals surface area contributed by atoms with Gasteiger partial charge in [0.05, 0.1) is 5.69 Å². The molecule has 2 heterocycles. The third-order valence-corrected chi connectivity index (χ3v) is 4.33. The molecular formula is C11H12Cl3NOS. The highest BCUT2D eigenvalue weighted by atomic mass is 35.6. The zero-order chi connectivity index (χ0) is 12.6. The third-order valence-electron chi connectivity index (χ3n) is 2.87. The molecule has 0 N–H and O–H groups in total. The van der Waals surface area contributed by atoms with Gasteiger partial charge in [0.25, 0.3) is 3.79 Å². The lowest BCUT2D eigenvalue weighted by atomic mass is 10.2. The summed E-state index contributed by atoms with van der Waals surface area (Å²) < 4.78 is 0.129. The maximum Gasteiger partial charge on any atom is 0.255 e. The molecule has 94 valence electrons. The second-order valence-corrected chi connectivity index (χ2v) is 7.27. The van der Waals surface area contributed by atoms with Crippen LogP contribution in [0.15, 0.2) is 6.07 Å². The van der Waals surface area contributed by atoms with E-state index in [1.165, 1.54) is 11.3 Å². The number of thioether (sulfide) groups is 1. The Kier molecular flexibility index (Phi) is 4.03. The quantitative estimate of drug-likeness (QED) is 0.611. The summed E-state index contributed by atoms with van der Waals surface area (Å²) in [5.74, 6) is 1.48. The molecule has 0 amide bonds. The number of carbonyl (C=O) groups excluding carboxylic acids is 1. The Hall–Kier alpha value is 0.170. The van der Waals surface area contributed by atoms with Crippen LogP contribution in [0.25, 0.3) is 0 Å². The van der Waals surface area contributed by atoms with Gasteiger partial charge in [-0.2, -0.15) is 11.8 Å². The summed E-state index contributed by atoms with van der Waals surface area (Å²) in [5, 5.41) is 0. The molecule has 1 aliphatic heterocycles. The van der Waals surface area contributed by atoms with E-state index < -0.39 is 9.58 Å². The molecule has 0 spiro atoms.